The third kappa shape index (κ3) is 3.70. The van der Waals surface area contributed by atoms with Crippen LogP contribution in [0.3, 0.4) is 0 Å². The van der Waals surface area contributed by atoms with Crippen molar-refractivity contribution < 1.29 is 14.6 Å². The smallest absolute Gasteiger partial charge is 0.300 e. The molecule has 0 fully saturated rings. The number of hydrogen-bond donors (Lipinski definition) is 3. The number of aliphatic hydroxyl groups excluding tert-OH is 1. The summed E-state index contributed by atoms with van der Waals surface area (Å²) in [5.41, 5.74) is 1.05. The quantitative estimate of drug-likeness (QED) is 0.727. The number of aromatic nitrogens is 3. The molecular weight excluding hydrogens is 272 g/mol. The molecule has 7 nitrogen and oxygen atoms in total. The van der Waals surface area contributed by atoms with Crippen molar-refractivity contribution in [1.29, 1.82) is 0 Å². The van der Waals surface area contributed by atoms with Gasteiger partial charge in [0.05, 0.1) is 12.3 Å². The molecule has 0 saturated carbocycles. The lowest BCUT2D eigenvalue weighted by molar-refractivity contribution is -0.111. The van der Waals surface area contributed by atoms with Gasteiger partial charge in [0.25, 0.3) is 5.91 Å². The molecule has 0 radical (unpaired) electrons. The molecule has 0 bridgehead atoms. The Morgan fingerprint density at radius 3 is 3.05 bits per heavy atom. The number of ether oxygens (including phenoxy) is 1. The van der Waals surface area contributed by atoms with Crippen LogP contribution in [-0.4, -0.2) is 39.2 Å². The minimum Gasteiger partial charge on any atom is -0.477 e. The Morgan fingerprint density at radius 1 is 1.52 bits per heavy atom. The van der Waals surface area contributed by atoms with Gasteiger partial charge in [-0.25, -0.2) is 9.97 Å². The topological polar surface area (TPSA) is 100 Å². The Balaban J connectivity index is 2.29. The zero-order chi connectivity index (χ0) is 15.2. The number of anilines is 1. The van der Waals surface area contributed by atoms with E-state index in [-0.39, 0.29) is 6.61 Å². The minimum atomic E-state index is -0.524. The molecule has 0 spiro atoms. The fourth-order valence-electron chi connectivity index (χ4n) is 1.66. The summed E-state index contributed by atoms with van der Waals surface area (Å²) in [6.45, 7) is 4.20. The average molecular weight is 288 g/mol. The predicted molar refractivity (Wildman–Crippen MR) is 77.7 cm³/mol. The Bertz CT molecular complexity index is 697. The number of H-pyrrole nitrogens is 1. The maximum absolute atomic E-state index is 11.6. The van der Waals surface area contributed by atoms with Crippen LogP contribution in [0.5, 0.6) is 5.88 Å². The summed E-state index contributed by atoms with van der Waals surface area (Å²) >= 11 is 0. The van der Waals surface area contributed by atoms with Gasteiger partial charge in [0, 0.05) is 6.20 Å². The highest BCUT2D eigenvalue weighted by molar-refractivity contribution is 6.09. The molecule has 3 N–H and O–H groups in total. The van der Waals surface area contributed by atoms with Crippen molar-refractivity contribution in [1.82, 2.24) is 15.0 Å². The third-order valence-electron chi connectivity index (χ3n) is 2.52. The highest BCUT2D eigenvalue weighted by Crippen LogP contribution is 2.29. The van der Waals surface area contributed by atoms with Crippen molar-refractivity contribution in [3.8, 4) is 17.7 Å². The van der Waals surface area contributed by atoms with Gasteiger partial charge in [0.15, 0.2) is 0 Å². The van der Waals surface area contributed by atoms with E-state index in [2.05, 4.69) is 32.1 Å². The van der Waals surface area contributed by atoms with Crippen molar-refractivity contribution in [2.24, 2.45) is 5.92 Å². The molecule has 0 unspecified atom stereocenters. The molecule has 0 aliphatic heterocycles. The fourth-order valence-corrected chi connectivity index (χ4v) is 1.66. The van der Waals surface area contributed by atoms with Crippen LogP contribution < -0.4 is 10.1 Å². The first-order valence-corrected chi connectivity index (χ1v) is 6.47. The second kappa shape index (κ2) is 6.72. The fraction of sp³-hybridized carbons (Fsp3) is 0.357. The number of nitrogens with zero attached hydrogens (tertiary/aromatic N) is 2. The number of nitrogens with one attached hydrogen (secondary N) is 2. The van der Waals surface area contributed by atoms with E-state index in [4.69, 9.17) is 9.84 Å². The normalized spacial score (nSPS) is 10.3. The second-order valence-corrected chi connectivity index (χ2v) is 4.72. The Kier molecular flexibility index (Phi) is 4.74. The van der Waals surface area contributed by atoms with E-state index in [1.54, 1.807) is 6.20 Å². The molecule has 0 aromatic carbocycles. The van der Waals surface area contributed by atoms with Crippen LogP contribution in [-0.2, 0) is 4.79 Å². The van der Waals surface area contributed by atoms with E-state index in [0.717, 1.165) is 0 Å². The summed E-state index contributed by atoms with van der Waals surface area (Å²) < 4.78 is 5.64. The summed E-state index contributed by atoms with van der Waals surface area (Å²) in [4.78, 5) is 22.7. The van der Waals surface area contributed by atoms with Crippen LogP contribution in [0.1, 0.15) is 13.8 Å². The number of aromatic amines is 1. The predicted octanol–water partition coefficient (Wildman–Crippen LogP) is 0.927. The summed E-state index contributed by atoms with van der Waals surface area (Å²) in [5, 5.41) is 11.8. The van der Waals surface area contributed by atoms with E-state index in [9.17, 15) is 4.79 Å². The molecule has 0 aliphatic carbocycles. The van der Waals surface area contributed by atoms with Crippen LogP contribution in [0.2, 0.25) is 0 Å². The van der Waals surface area contributed by atoms with Crippen molar-refractivity contribution in [2.45, 2.75) is 13.8 Å². The van der Waals surface area contributed by atoms with Gasteiger partial charge in [0.2, 0.25) is 5.88 Å². The SMILES string of the molecule is CC(C)COc1ncnc2[nH]cc(NC(=O)C#CCO)c12. The molecule has 2 rings (SSSR count). The van der Waals surface area contributed by atoms with Gasteiger partial charge >= 0.3 is 0 Å². The molecular formula is C14H16N4O3. The second-order valence-electron chi connectivity index (χ2n) is 4.72. The molecule has 2 aromatic heterocycles. The molecule has 21 heavy (non-hydrogen) atoms. The lowest BCUT2D eigenvalue weighted by Gasteiger charge is -2.09. The van der Waals surface area contributed by atoms with Crippen LogP contribution in [0, 0.1) is 17.8 Å². The van der Waals surface area contributed by atoms with E-state index >= 15 is 0 Å². The zero-order valence-electron chi connectivity index (χ0n) is 11.8. The summed E-state index contributed by atoms with van der Waals surface area (Å²) in [5.74, 6) is 4.77. The van der Waals surface area contributed by atoms with Crippen LogP contribution >= 0.6 is 0 Å². The first-order chi connectivity index (χ1) is 10.1. The van der Waals surface area contributed by atoms with Crippen LogP contribution in [0.4, 0.5) is 5.69 Å². The molecule has 110 valence electrons. The monoisotopic (exact) mass is 288 g/mol. The summed E-state index contributed by atoms with van der Waals surface area (Å²) in [6.07, 6.45) is 2.99. The number of amides is 1. The van der Waals surface area contributed by atoms with E-state index in [0.29, 0.717) is 35.1 Å². The first-order valence-electron chi connectivity index (χ1n) is 6.47. The van der Waals surface area contributed by atoms with Gasteiger partial charge in [-0.2, -0.15) is 0 Å². The van der Waals surface area contributed by atoms with Crippen molar-refractivity contribution in [2.75, 3.05) is 18.5 Å². The molecule has 0 atom stereocenters. The molecule has 1 amide bonds. The van der Waals surface area contributed by atoms with Crippen molar-refractivity contribution in [3.05, 3.63) is 12.5 Å². The van der Waals surface area contributed by atoms with Crippen LogP contribution in [0.15, 0.2) is 12.5 Å². The summed E-state index contributed by atoms with van der Waals surface area (Å²) in [6, 6.07) is 0. The van der Waals surface area contributed by atoms with Crippen molar-refractivity contribution in [3.63, 3.8) is 0 Å². The number of carbonyl (C=O) groups is 1. The first kappa shape index (κ1) is 14.8. The maximum Gasteiger partial charge on any atom is 0.300 e. The molecule has 2 heterocycles. The van der Waals surface area contributed by atoms with E-state index < -0.39 is 5.91 Å². The average Bonchev–Trinajstić information content (AvgIpc) is 2.86. The van der Waals surface area contributed by atoms with Gasteiger partial charge in [-0.1, -0.05) is 19.8 Å². The van der Waals surface area contributed by atoms with Crippen molar-refractivity contribution >= 4 is 22.6 Å². The third-order valence-corrected chi connectivity index (χ3v) is 2.52. The van der Waals surface area contributed by atoms with E-state index in [1.165, 1.54) is 6.33 Å². The molecule has 0 aliphatic rings. The lowest BCUT2D eigenvalue weighted by Crippen LogP contribution is -2.10. The highest BCUT2D eigenvalue weighted by Gasteiger charge is 2.14. The number of aliphatic hydroxyl groups is 1. The molecule has 2 aromatic rings. The number of hydrogen-bond acceptors (Lipinski definition) is 5. The Morgan fingerprint density at radius 2 is 2.33 bits per heavy atom. The highest BCUT2D eigenvalue weighted by atomic mass is 16.5. The summed E-state index contributed by atoms with van der Waals surface area (Å²) in [7, 11) is 0. The zero-order valence-corrected chi connectivity index (χ0v) is 11.8. The number of fused-ring (bicyclic) bond motifs is 1. The Hall–Kier alpha value is -2.59. The molecule has 7 heteroatoms. The van der Waals surface area contributed by atoms with Gasteiger partial charge < -0.3 is 20.1 Å². The maximum atomic E-state index is 11.6. The van der Waals surface area contributed by atoms with Gasteiger partial charge in [-0.3, -0.25) is 4.79 Å². The standard InChI is InChI=1S/C14H16N4O3/c1-9(2)7-21-14-12-10(18-11(20)4-3-5-19)6-15-13(12)16-8-17-14/h6,8-9,19H,5,7H2,1-2H3,(H,18,20)(H,15,16,17). The lowest BCUT2D eigenvalue weighted by atomic mass is 10.2. The minimum absolute atomic E-state index is 0.349. The van der Waals surface area contributed by atoms with E-state index in [1.807, 2.05) is 13.8 Å². The molecule has 0 saturated heterocycles. The number of carbonyl (C=O) groups excluding carboxylic acids is 1. The largest absolute Gasteiger partial charge is 0.477 e. The Labute approximate surface area is 121 Å². The number of rotatable bonds is 4. The van der Waals surface area contributed by atoms with Gasteiger partial charge in [-0.05, 0) is 11.8 Å². The van der Waals surface area contributed by atoms with Gasteiger partial charge in [0.1, 0.15) is 24.0 Å². The van der Waals surface area contributed by atoms with Gasteiger partial charge in [-0.15, -0.1) is 0 Å². The van der Waals surface area contributed by atoms with Crippen LogP contribution in [0.25, 0.3) is 11.0 Å².